The van der Waals surface area contributed by atoms with Crippen LogP contribution in [0.25, 0.3) is 0 Å². The highest BCUT2D eigenvalue weighted by Gasteiger charge is 2.17. The summed E-state index contributed by atoms with van der Waals surface area (Å²) in [6, 6.07) is -0.405. The van der Waals surface area contributed by atoms with Crippen LogP contribution >= 0.6 is 0 Å². The number of nitrogens with zero attached hydrogens (tertiary/aromatic N) is 3. The second kappa shape index (κ2) is 3.34. The number of aromatic nitrogens is 3. The number of carbonyl (C=O) groups excluding carboxylic acids is 1. The molecule has 1 aromatic rings. The van der Waals surface area contributed by atoms with E-state index in [2.05, 4.69) is 15.0 Å². The molecule has 0 aliphatic rings. The predicted octanol–water partition coefficient (Wildman–Crippen LogP) is 0.321. The molecule has 0 bridgehead atoms. The summed E-state index contributed by atoms with van der Waals surface area (Å²) in [5.74, 6) is -0.316. The van der Waals surface area contributed by atoms with Crippen LogP contribution in [-0.4, -0.2) is 28.1 Å². The van der Waals surface area contributed by atoms with Crippen LogP contribution in [0.3, 0.4) is 0 Å². The van der Waals surface area contributed by atoms with E-state index in [0.717, 1.165) is 5.69 Å². The molecule has 0 fully saturated rings. The lowest BCUT2D eigenvalue weighted by atomic mass is 10.3. The molecule has 0 aromatic carbocycles. The molecular formula is C7H11N3O2. The van der Waals surface area contributed by atoms with Crippen molar-refractivity contribution in [1.82, 2.24) is 15.0 Å². The second-order valence-electron chi connectivity index (χ2n) is 2.52. The molecule has 1 rings (SSSR count). The average molecular weight is 169 g/mol. The van der Waals surface area contributed by atoms with Gasteiger partial charge < -0.3 is 4.74 Å². The summed E-state index contributed by atoms with van der Waals surface area (Å²) in [6.45, 7) is 3.55. The number of rotatable bonds is 2. The minimum Gasteiger partial charge on any atom is -0.467 e. The summed E-state index contributed by atoms with van der Waals surface area (Å²) < 4.78 is 6.08. The van der Waals surface area contributed by atoms with Crippen molar-refractivity contribution in [3.63, 3.8) is 0 Å². The van der Waals surface area contributed by atoms with Crippen molar-refractivity contribution in [2.24, 2.45) is 0 Å². The molecule has 0 aliphatic heterocycles. The number of aryl methyl sites for hydroxylation is 1. The van der Waals surface area contributed by atoms with E-state index in [1.807, 2.05) is 6.92 Å². The SMILES string of the molecule is COC(=O)[C@H](C)n1nncc1C. The monoisotopic (exact) mass is 169 g/mol. The molecule has 66 valence electrons. The van der Waals surface area contributed by atoms with Crippen LogP contribution in [0, 0.1) is 6.92 Å². The fraction of sp³-hybridized carbons (Fsp3) is 0.571. The summed E-state index contributed by atoms with van der Waals surface area (Å²) in [5, 5.41) is 7.42. The molecule has 0 amide bonds. The number of hydrogen-bond donors (Lipinski definition) is 0. The molecule has 0 saturated heterocycles. The summed E-state index contributed by atoms with van der Waals surface area (Å²) in [5.41, 5.74) is 0.841. The van der Waals surface area contributed by atoms with Crippen molar-refractivity contribution >= 4 is 5.97 Å². The topological polar surface area (TPSA) is 57.0 Å². The van der Waals surface area contributed by atoms with E-state index in [-0.39, 0.29) is 5.97 Å². The normalized spacial score (nSPS) is 12.6. The lowest BCUT2D eigenvalue weighted by molar-refractivity contribution is -0.144. The molecule has 0 saturated carbocycles. The lowest BCUT2D eigenvalue weighted by Crippen LogP contribution is -2.19. The first-order valence-corrected chi connectivity index (χ1v) is 3.61. The smallest absolute Gasteiger partial charge is 0.330 e. The number of methoxy groups -OCH3 is 1. The minimum absolute atomic E-state index is 0.316. The van der Waals surface area contributed by atoms with E-state index >= 15 is 0 Å². The lowest BCUT2D eigenvalue weighted by Gasteiger charge is -2.09. The Morgan fingerprint density at radius 2 is 2.42 bits per heavy atom. The summed E-state index contributed by atoms with van der Waals surface area (Å²) in [4.78, 5) is 11.1. The zero-order valence-electron chi connectivity index (χ0n) is 7.31. The van der Waals surface area contributed by atoms with Gasteiger partial charge in [-0.2, -0.15) is 0 Å². The Balaban J connectivity index is 2.84. The third-order valence-corrected chi connectivity index (χ3v) is 1.66. The van der Waals surface area contributed by atoms with Crippen LogP contribution in [0.4, 0.5) is 0 Å². The van der Waals surface area contributed by atoms with Crippen molar-refractivity contribution in [2.45, 2.75) is 19.9 Å². The van der Waals surface area contributed by atoms with E-state index in [1.165, 1.54) is 11.8 Å². The van der Waals surface area contributed by atoms with Gasteiger partial charge in [-0.3, -0.25) is 0 Å². The van der Waals surface area contributed by atoms with Gasteiger partial charge >= 0.3 is 5.97 Å². The Hall–Kier alpha value is -1.39. The third kappa shape index (κ3) is 1.44. The molecular weight excluding hydrogens is 158 g/mol. The zero-order valence-corrected chi connectivity index (χ0v) is 7.31. The van der Waals surface area contributed by atoms with Gasteiger partial charge in [0, 0.05) is 0 Å². The summed E-state index contributed by atoms with van der Waals surface area (Å²) in [6.07, 6.45) is 1.60. The van der Waals surface area contributed by atoms with Crippen molar-refractivity contribution in [3.8, 4) is 0 Å². The Labute approximate surface area is 70.3 Å². The number of carbonyl (C=O) groups is 1. The first kappa shape index (κ1) is 8.70. The molecule has 0 N–H and O–H groups in total. The van der Waals surface area contributed by atoms with E-state index in [4.69, 9.17) is 0 Å². The summed E-state index contributed by atoms with van der Waals surface area (Å²) in [7, 11) is 1.35. The molecule has 1 aromatic heterocycles. The standard InChI is InChI=1S/C7H11N3O2/c1-5-4-8-9-10(5)6(2)7(11)12-3/h4,6H,1-3H3/t6-/m0/s1. The fourth-order valence-electron chi connectivity index (χ4n) is 0.948. The molecule has 1 atom stereocenters. The van der Waals surface area contributed by atoms with Gasteiger partial charge in [-0.1, -0.05) is 5.21 Å². The molecule has 0 radical (unpaired) electrons. The van der Waals surface area contributed by atoms with Crippen LogP contribution in [0.2, 0.25) is 0 Å². The van der Waals surface area contributed by atoms with E-state index in [1.54, 1.807) is 13.1 Å². The number of ether oxygens (including phenoxy) is 1. The molecule has 0 spiro atoms. The van der Waals surface area contributed by atoms with Crippen molar-refractivity contribution < 1.29 is 9.53 Å². The van der Waals surface area contributed by atoms with Gasteiger partial charge in [-0.05, 0) is 13.8 Å². The highest BCUT2D eigenvalue weighted by Crippen LogP contribution is 2.07. The van der Waals surface area contributed by atoms with Gasteiger partial charge in [-0.15, -0.1) is 5.10 Å². The zero-order chi connectivity index (χ0) is 9.14. The maximum absolute atomic E-state index is 11.1. The highest BCUT2D eigenvalue weighted by atomic mass is 16.5. The van der Waals surface area contributed by atoms with Gasteiger partial charge in [0.05, 0.1) is 19.0 Å². The Morgan fingerprint density at radius 3 is 2.83 bits per heavy atom. The Kier molecular flexibility index (Phi) is 2.42. The molecule has 5 heteroatoms. The first-order valence-electron chi connectivity index (χ1n) is 3.61. The predicted molar refractivity (Wildman–Crippen MR) is 41.5 cm³/mol. The van der Waals surface area contributed by atoms with Crippen LogP contribution in [-0.2, 0) is 9.53 Å². The van der Waals surface area contributed by atoms with Gasteiger partial charge in [0.2, 0.25) is 0 Å². The van der Waals surface area contributed by atoms with Crippen LogP contribution in [0.15, 0.2) is 6.20 Å². The van der Waals surface area contributed by atoms with E-state index in [9.17, 15) is 4.79 Å². The summed E-state index contributed by atoms with van der Waals surface area (Å²) >= 11 is 0. The second-order valence-corrected chi connectivity index (χ2v) is 2.52. The average Bonchev–Trinajstić information content (AvgIpc) is 2.48. The Bertz CT molecular complexity index is 282. The molecule has 0 unspecified atom stereocenters. The van der Waals surface area contributed by atoms with Crippen molar-refractivity contribution in [1.29, 1.82) is 0 Å². The van der Waals surface area contributed by atoms with E-state index < -0.39 is 6.04 Å². The molecule has 0 aliphatic carbocycles. The van der Waals surface area contributed by atoms with Gasteiger partial charge in [0.15, 0.2) is 0 Å². The van der Waals surface area contributed by atoms with Gasteiger partial charge in [0.25, 0.3) is 0 Å². The van der Waals surface area contributed by atoms with Crippen LogP contribution in [0.5, 0.6) is 0 Å². The van der Waals surface area contributed by atoms with Crippen molar-refractivity contribution in [3.05, 3.63) is 11.9 Å². The molecule has 1 heterocycles. The third-order valence-electron chi connectivity index (χ3n) is 1.66. The van der Waals surface area contributed by atoms with Gasteiger partial charge in [0.1, 0.15) is 6.04 Å². The quantitative estimate of drug-likeness (QED) is 0.598. The van der Waals surface area contributed by atoms with Crippen LogP contribution in [0.1, 0.15) is 18.7 Å². The molecule has 5 nitrogen and oxygen atoms in total. The Morgan fingerprint density at radius 1 is 1.75 bits per heavy atom. The van der Waals surface area contributed by atoms with Crippen LogP contribution < -0.4 is 0 Å². The first-order chi connectivity index (χ1) is 5.66. The van der Waals surface area contributed by atoms with Gasteiger partial charge in [-0.25, -0.2) is 9.48 Å². The highest BCUT2D eigenvalue weighted by molar-refractivity contribution is 5.73. The fourth-order valence-corrected chi connectivity index (χ4v) is 0.948. The van der Waals surface area contributed by atoms with E-state index in [0.29, 0.717) is 0 Å². The maximum atomic E-state index is 11.1. The minimum atomic E-state index is -0.405. The number of esters is 1. The maximum Gasteiger partial charge on any atom is 0.330 e. The number of hydrogen-bond acceptors (Lipinski definition) is 4. The molecule has 12 heavy (non-hydrogen) atoms. The van der Waals surface area contributed by atoms with Crippen molar-refractivity contribution in [2.75, 3.05) is 7.11 Å². The largest absolute Gasteiger partial charge is 0.467 e.